The summed E-state index contributed by atoms with van der Waals surface area (Å²) in [5.41, 5.74) is 5.88. The Morgan fingerprint density at radius 3 is 2.54 bits per heavy atom. The van der Waals surface area contributed by atoms with Crippen molar-refractivity contribution in [1.29, 1.82) is 0 Å². The molecule has 0 radical (unpaired) electrons. The highest BCUT2D eigenvalue weighted by Crippen LogP contribution is 2.16. The second-order valence-corrected chi connectivity index (χ2v) is 4.80. The van der Waals surface area contributed by atoms with Gasteiger partial charge in [0.1, 0.15) is 0 Å². The molecule has 2 nitrogen and oxygen atoms in total. The first-order chi connectivity index (χ1) is 6.27. The highest BCUT2D eigenvalue weighted by atomic mass is 32.2. The van der Waals surface area contributed by atoms with Crippen LogP contribution < -0.4 is 5.73 Å². The molecular weight excluding hydrogens is 180 g/mol. The first-order valence-electron chi connectivity index (χ1n) is 5.26. The van der Waals surface area contributed by atoms with Gasteiger partial charge in [-0.05, 0) is 38.6 Å². The summed E-state index contributed by atoms with van der Waals surface area (Å²) in [4.78, 5) is 2.61. The van der Waals surface area contributed by atoms with Crippen LogP contribution in [0.5, 0.6) is 0 Å². The van der Waals surface area contributed by atoms with Crippen LogP contribution in [-0.2, 0) is 0 Å². The second kappa shape index (κ2) is 5.89. The maximum absolute atomic E-state index is 5.88. The van der Waals surface area contributed by atoms with Crippen LogP contribution in [0.1, 0.15) is 26.2 Å². The van der Waals surface area contributed by atoms with Crippen molar-refractivity contribution >= 4 is 11.8 Å². The van der Waals surface area contributed by atoms with Crippen LogP contribution in [0.25, 0.3) is 0 Å². The van der Waals surface area contributed by atoms with E-state index in [1.165, 1.54) is 38.1 Å². The molecule has 0 aromatic rings. The summed E-state index contributed by atoms with van der Waals surface area (Å²) in [6.45, 7) is 4.70. The molecule has 1 heterocycles. The monoisotopic (exact) mass is 202 g/mol. The number of nitrogens with zero attached hydrogens (tertiary/aromatic N) is 1. The molecule has 0 aliphatic carbocycles. The highest BCUT2D eigenvalue weighted by molar-refractivity contribution is 7.98. The average molecular weight is 202 g/mol. The van der Waals surface area contributed by atoms with Gasteiger partial charge in [0.05, 0.1) is 0 Å². The number of piperidine rings is 1. The van der Waals surface area contributed by atoms with E-state index in [0.717, 1.165) is 6.04 Å². The van der Waals surface area contributed by atoms with Crippen LogP contribution in [-0.4, -0.2) is 42.1 Å². The molecule has 1 fully saturated rings. The van der Waals surface area contributed by atoms with E-state index < -0.39 is 0 Å². The molecular formula is C10H22N2S. The summed E-state index contributed by atoms with van der Waals surface area (Å²) in [5, 5.41) is 0. The lowest BCUT2D eigenvalue weighted by molar-refractivity contribution is 0.162. The lowest BCUT2D eigenvalue weighted by Gasteiger charge is -2.35. The zero-order chi connectivity index (χ0) is 9.68. The molecule has 0 amide bonds. The Hall–Kier alpha value is 0.270. The van der Waals surface area contributed by atoms with Gasteiger partial charge in [0.2, 0.25) is 0 Å². The molecule has 3 heteroatoms. The number of rotatable bonds is 4. The fourth-order valence-electron chi connectivity index (χ4n) is 1.96. The van der Waals surface area contributed by atoms with Crippen LogP contribution in [0.4, 0.5) is 0 Å². The lowest BCUT2D eigenvalue weighted by atomic mass is 10.0. The third-order valence-corrected chi connectivity index (χ3v) is 3.64. The van der Waals surface area contributed by atoms with Gasteiger partial charge in [-0.1, -0.05) is 6.92 Å². The van der Waals surface area contributed by atoms with Gasteiger partial charge in [-0.3, -0.25) is 4.90 Å². The minimum atomic E-state index is 0.461. The highest BCUT2D eigenvalue weighted by Gasteiger charge is 2.21. The van der Waals surface area contributed by atoms with Crippen LogP contribution in [0.2, 0.25) is 0 Å². The molecule has 2 N–H and O–H groups in total. The van der Waals surface area contributed by atoms with E-state index in [4.69, 9.17) is 5.73 Å². The van der Waals surface area contributed by atoms with Crippen molar-refractivity contribution in [2.45, 2.75) is 38.3 Å². The summed E-state index contributed by atoms with van der Waals surface area (Å²) < 4.78 is 0. The summed E-state index contributed by atoms with van der Waals surface area (Å²) in [6, 6.07) is 1.24. The number of nitrogens with two attached hydrogens (primary N) is 1. The first-order valence-corrected chi connectivity index (χ1v) is 6.65. The maximum Gasteiger partial charge on any atom is 0.0183 e. The maximum atomic E-state index is 5.88. The van der Waals surface area contributed by atoms with Gasteiger partial charge >= 0.3 is 0 Å². The summed E-state index contributed by atoms with van der Waals surface area (Å²) in [7, 11) is 0. The Morgan fingerprint density at radius 2 is 2.08 bits per heavy atom. The molecule has 0 saturated carbocycles. The number of hydrogen-bond acceptors (Lipinski definition) is 3. The van der Waals surface area contributed by atoms with Gasteiger partial charge in [0.15, 0.2) is 0 Å². The van der Waals surface area contributed by atoms with Gasteiger partial charge in [0.25, 0.3) is 0 Å². The Morgan fingerprint density at radius 1 is 1.46 bits per heavy atom. The minimum Gasteiger partial charge on any atom is -0.328 e. The first kappa shape index (κ1) is 11.3. The van der Waals surface area contributed by atoms with Gasteiger partial charge in [-0.2, -0.15) is 11.8 Å². The Kier molecular flexibility index (Phi) is 5.14. The molecule has 0 aromatic heterocycles. The third-order valence-electron chi connectivity index (χ3n) is 2.92. The lowest BCUT2D eigenvalue weighted by Crippen LogP contribution is -2.45. The van der Waals surface area contributed by atoms with Gasteiger partial charge < -0.3 is 5.73 Å². The number of thioether (sulfide) groups is 1. The minimum absolute atomic E-state index is 0.461. The van der Waals surface area contributed by atoms with E-state index in [0.29, 0.717) is 6.04 Å². The molecule has 1 saturated heterocycles. The zero-order valence-electron chi connectivity index (χ0n) is 8.83. The topological polar surface area (TPSA) is 29.3 Å². The Balaban J connectivity index is 2.32. The average Bonchev–Trinajstić information content (AvgIpc) is 2.16. The van der Waals surface area contributed by atoms with Crippen molar-refractivity contribution in [3.63, 3.8) is 0 Å². The van der Waals surface area contributed by atoms with Crippen molar-refractivity contribution < 1.29 is 0 Å². The second-order valence-electron chi connectivity index (χ2n) is 3.89. The molecule has 1 aliphatic rings. The molecule has 0 bridgehead atoms. The van der Waals surface area contributed by atoms with Crippen LogP contribution in [0.3, 0.4) is 0 Å². The van der Waals surface area contributed by atoms with Crippen molar-refractivity contribution in [2.75, 3.05) is 25.1 Å². The van der Waals surface area contributed by atoms with Crippen LogP contribution >= 0.6 is 11.8 Å². The van der Waals surface area contributed by atoms with Crippen molar-refractivity contribution in [3.8, 4) is 0 Å². The SMILES string of the molecule is CCC(CSC)N1CCC(N)CC1. The van der Waals surface area contributed by atoms with E-state index in [-0.39, 0.29) is 0 Å². The van der Waals surface area contributed by atoms with E-state index in [9.17, 15) is 0 Å². The molecule has 1 rings (SSSR count). The third kappa shape index (κ3) is 3.49. The zero-order valence-corrected chi connectivity index (χ0v) is 9.65. The number of hydrogen-bond donors (Lipinski definition) is 1. The van der Waals surface area contributed by atoms with Crippen molar-refractivity contribution in [2.24, 2.45) is 5.73 Å². The molecule has 78 valence electrons. The predicted octanol–water partition coefficient (Wildman–Crippen LogP) is 1.55. The predicted molar refractivity (Wildman–Crippen MR) is 61.2 cm³/mol. The van der Waals surface area contributed by atoms with E-state index >= 15 is 0 Å². The molecule has 1 unspecified atom stereocenters. The summed E-state index contributed by atoms with van der Waals surface area (Å²) in [6.07, 6.45) is 5.84. The fourth-order valence-corrected chi connectivity index (χ4v) is 2.79. The number of likely N-dealkylation sites (tertiary alicyclic amines) is 1. The fraction of sp³-hybridized carbons (Fsp3) is 1.00. The standard InChI is InChI=1S/C10H22N2S/c1-3-10(8-13-2)12-6-4-9(11)5-7-12/h9-10H,3-8,11H2,1-2H3. The molecule has 0 spiro atoms. The van der Waals surface area contributed by atoms with E-state index in [1.807, 2.05) is 11.8 Å². The normalized spacial score (nSPS) is 23.3. The summed E-state index contributed by atoms with van der Waals surface area (Å²) >= 11 is 1.96. The van der Waals surface area contributed by atoms with Gasteiger partial charge in [-0.25, -0.2) is 0 Å². The van der Waals surface area contributed by atoms with E-state index in [2.05, 4.69) is 18.1 Å². The van der Waals surface area contributed by atoms with Crippen LogP contribution in [0, 0.1) is 0 Å². The van der Waals surface area contributed by atoms with Crippen molar-refractivity contribution in [1.82, 2.24) is 4.90 Å². The van der Waals surface area contributed by atoms with E-state index in [1.54, 1.807) is 0 Å². The molecule has 1 atom stereocenters. The van der Waals surface area contributed by atoms with Crippen LogP contribution in [0.15, 0.2) is 0 Å². The molecule has 0 aromatic carbocycles. The summed E-state index contributed by atoms with van der Waals surface area (Å²) in [5.74, 6) is 1.27. The molecule has 13 heavy (non-hydrogen) atoms. The smallest absolute Gasteiger partial charge is 0.0183 e. The van der Waals surface area contributed by atoms with Gasteiger partial charge in [-0.15, -0.1) is 0 Å². The Bertz CT molecular complexity index is 133. The largest absolute Gasteiger partial charge is 0.328 e. The quantitative estimate of drug-likeness (QED) is 0.750. The van der Waals surface area contributed by atoms with Gasteiger partial charge in [0, 0.05) is 17.8 Å². The molecule has 1 aliphatic heterocycles. The van der Waals surface area contributed by atoms with Crippen molar-refractivity contribution in [3.05, 3.63) is 0 Å². The Labute approximate surface area is 86.2 Å².